The molecule has 0 saturated heterocycles. The Morgan fingerprint density at radius 3 is 2.24 bits per heavy atom. The average molecular weight is 365 g/mol. The summed E-state index contributed by atoms with van der Waals surface area (Å²) in [4.78, 5) is 1.19. The predicted molar refractivity (Wildman–Crippen MR) is 109 cm³/mol. The molecule has 0 aromatic carbocycles. The lowest BCUT2D eigenvalue weighted by atomic mass is 10.1. The second kappa shape index (κ2) is 16.6. The monoisotopic (exact) mass is 364 g/mol. The maximum atomic E-state index is 5.63. The quantitative estimate of drug-likeness (QED) is 0.263. The predicted octanol–water partition coefficient (Wildman–Crippen LogP) is 6.44. The van der Waals surface area contributed by atoms with Gasteiger partial charge < -0.3 is 9.47 Å². The van der Waals surface area contributed by atoms with Gasteiger partial charge in [0.1, 0.15) is 0 Å². The van der Waals surface area contributed by atoms with E-state index in [1.165, 1.54) is 56.2 Å². The summed E-state index contributed by atoms with van der Waals surface area (Å²) < 4.78 is 11.1. The van der Waals surface area contributed by atoms with Gasteiger partial charge in [-0.05, 0) is 44.6 Å². The summed E-state index contributed by atoms with van der Waals surface area (Å²) in [5, 5.41) is 2.08. The van der Waals surface area contributed by atoms with Crippen molar-refractivity contribution in [2.45, 2.75) is 84.2 Å². The molecule has 1 aromatic heterocycles. The Balaban J connectivity index is 1.72. The van der Waals surface area contributed by atoms with Crippen molar-refractivity contribution in [2.75, 3.05) is 19.8 Å². The highest BCUT2D eigenvalue weighted by molar-refractivity contribution is 7.10. The lowest BCUT2D eigenvalue weighted by Gasteiger charge is -2.07. The second-order valence-corrected chi connectivity index (χ2v) is 7.69. The lowest BCUT2D eigenvalue weighted by molar-refractivity contribution is 0.0507. The maximum absolute atomic E-state index is 5.63. The minimum atomic E-state index is 0.333. The van der Waals surface area contributed by atoms with Crippen LogP contribution in [0.2, 0.25) is 0 Å². The molecule has 1 heterocycles. The summed E-state index contributed by atoms with van der Waals surface area (Å²) in [6.07, 6.45) is 12.9. The topological polar surface area (TPSA) is 18.5 Å². The summed E-state index contributed by atoms with van der Waals surface area (Å²) in [6, 6.07) is 4.15. The first-order valence-electron chi connectivity index (χ1n) is 10.0. The first-order chi connectivity index (χ1) is 12.3. The zero-order chi connectivity index (χ0) is 18.0. The first kappa shape index (κ1) is 22.2. The van der Waals surface area contributed by atoms with Crippen LogP contribution in [0.5, 0.6) is 0 Å². The molecule has 1 aromatic rings. The summed E-state index contributed by atoms with van der Waals surface area (Å²) >= 11 is 1.72. The highest BCUT2D eigenvalue weighted by Gasteiger charge is 1.95. The Labute approximate surface area is 159 Å². The molecule has 0 amide bonds. The van der Waals surface area contributed by atoms with Gasteiger partial charge in [0.15, 0.2) is 0 Å². The van der Waals surface area contributed by atoms with Crippen molar-refractivity contribution in [3.63, 3.8) is 0 Å². The number of hydrogen-bond acceptors (Lipinski definition) is 3. The van der Waals surface area contributed by atoms with Gasteiger partial charge in [0, 0.05) is 26.2 Å². The Hall–Kier alpha value is -0.820. The third kappa shape index (κ3) is 15.2. The Morgan fingerprint density at radius 1 is 0.880 bits per heavy atom. The van der Waals surface area contributed by atoms with E-state index in [0.717, 1.165) is 32.7 Å². The smallest absolute Gasteiger partial charge is 0.0768 e. The molecular formula is C22H36O2S. The van der Waals surface area contributed by atoms with E-state index < -0.39 is 0 Å². The van der Waals surface area contributed by atoms with Gasteiger partial charge in [-0.3, -0.25) is 0 Å². The molecule has 0 bridgehead atoms. The minimum absolute atomic E-state index is 0.333. The summed E-state index contributed by atoms with van der Waals surface area (Å²) in [6.45, 7) is 6.70. The molecule has 0 aliphatic rings. The van der Waals surface area contributed by atoms with E-state index in [0.29, 0.717) is 6.10 Å². The molecule has 3 heteroatoms. The highest BCUT2D eigenvalue weighted by Crippen LogP contribution is 2.10. The van der Waals surface area contributed by atoms with Crippen molar-refractivity contribution in [2.24, 2.45) is 0 Å². The molecule has 0 radical (unpaired) electrons. The third-order valence-electron chi connectivity index (χ3n) is 3.96. The Kier molecular flexibility index (Phi) is 14.8. The highest BCUT2D eigenvalue weighted by atomic mass is 32.1. The van der Waals surface area contributed by atoms with Crippen molar-refractivity contribution in [3.05, 3.63) is 22.4 Å². The summed E-state index contributed by atoms with van der Waals surface area (Å²) in [5.41, 5.74) is 0. The van der Waals surface area contributed by atoms with Crippen molar-refractivity contribution < 1.29 is 9.47 Å². The number of hydrogen-bond donors (Lipinski definition) is 0. The van der Waals surface area contributed by atoms with Crippen LogP contribution >= 0.6 is 11.3 Å². The van der Waals surface area contributed by atoms with Gasteiger partial charge in [0.2, 0.25) is 0 Å². The zero-order valence-electron chi connectivity index (χ0n) is 16.2. The van der Waals surface area contributed by atoms with Crippen LogP contribution in [0, 0.1) is 11.8 Å². The molecule has 2 nitrogen and oxygen atoms in total. The van der Waals surface area contributed by atoms with E-state index in [1.807, 2.05) is 0 Å². The number of rotatable bonds is 15. The Bertz CT molecular complexity index is 442. The Morgan fingerprint density at radius 2 is 1.56 bits per heavy atom. The molecule has 25 heavy (non-hydrogen) atoms. The fourth-order valence-corrected chi connectivity index (χ4v) is 3.15. The van der Waals surface area contributed by atoms with E-state index in [1.54, 1.807) is 11.3 Å². The van der Waals surface area contributed by atoms with E-state index in [4.69, 9.17) is 9.47 Å². The van der Waals surface area contributed by atoms with Gasteiger partial charge in [-0.2, -0.15) is 0 Å². The first-order valence-corrected chi connectivity index (χ1v) is 10.9. The molecule has 0 unspecified atom stereocenters. The van der Waals surface area contributed by atoms with Crippen LogP contribution in [-0.4, -0.2) is 25.9 Å². The average Bonchev–Trinajstić information content (AvgIpc) is 3.11. The number of thiophene rings is 1. The van der Waals surface area contributed by atoms with Crippen molar-refractivity contribution in [1.29, 1.82) is 0 Å². The van der Waals surface area contributed by atoms with Crippen LogP contribution in [0.25, 0.3) is 0 Å². The fraction of sp³-hybridized carbons (Fsp3) is 0.727. The molecule has 0 fully saturated rings. The molecule has 0 aliphatic carbocycles. The second-order valence-electron chi connectivity index (χ2n) is 6.74. The standard InChI is InChI=1S/C22H36O2S/c1-21(2)24-19-14-18-23-17-12-10-8-6-4-3-5-7-9-11-15-22-16-13-20-25-22/h13,16,20-21H,3-10,12,14,17-19H2,1-2H3. The van der Waals surface area contributed by atoms with Gasteiger partial charge in [-0.1, -0.05) is 56.4 Å². The minimum Gasteiger partial charge on any atom is -0.381 e. The largest absolute Gasteiger partial charge is 0.381 e. The van der Waals surface area contributed by atoms with Gasteiger partial charge in [-0.15, -0.1) is 11.3 Å². The van der Waals surface area contributed by atoms with Crippen molar-refractivity contribution in [1.82, 2.24) is 0 Å². The van der Waals surface area contributed by atoms with Gasteiger partial charge in [0.25, 0.3) is 0 Å². The van der Waals surface area contributed by atoms with Gasteiger partial charge in [-0.25, -0.2) is 0 Å². The molecule has 1 rings (SSSR count). The van der Waals surface area contributed by atoms with Crippen LogP contribution in [0.3, 0.4) is 0 Å². The fourth-order valence-electron chi connectivity index (χ4n) is 2.56. The van der Waals surface area contributed by atoms with Crippen LogP contribution in [0.15, 0.2) is 17.5 Å². The number of ether oxygens (including phenoxy) is 2. The SMILES string of the molecule is CC(C)OCCCOCCCCCCCCCCC#Cc1cccs1. The lowest BCUT2D eigenvalue weighted by Crippen LogP contribution is -2.07. The van der Waals surface area contributed by atoms with Gasteiger partial charge >= 0.3 is 0 Å². The molecule has 0 spiro atoms. The number of unbranched alkanes of at least 4 members (excludes halogenated alkanes) is 8. The van der Waals surface area contributed by atoms with Crippen LogP contribution in [0.4, 0.5) is 0 Å². The van der Waals surface area contributed by atoms with Crippen molar-refractivity contribution in [3.8, 4) is 11.8 Å². The molecule has 0 saturated carbocycles. The third-order valence-corrected chi connectivity index (χ3v) is 4.74. The molecule has 142 valence electrons. The van der Waals surface area contributed by atoms with E-state index >= 15 is 0 Å². The molecular weight excluding hydrogens is 328 g/mol. The molecule has 0 atom stereocenters. The molecule has 0 N–H and O–H groups in total. The van der Waals surface area contributed by atoms with Crippen LogP contribution in [0.1, 0.15) is 82.9 Å². The van der Waals surface area contributed by atoms with Gasteiger partial charge in [0.05, 0.1) is 11.0 Å². The summed E-state index contributed by atoms with van der Waals surface area (Å²) in [7, 11) is 0. The summed E-state index contributed by atoms with van der Waals surface area (Å²) in [5.74, 6) is 6.50. The van der Waals surface area contributed by atoms with E-state index in [-0.39, 0.29) is 0 Å². The van der Waals surface area contributed by atoms with Crippen molar-refractivity contribution >= 4 is 11.3 Å². The maximum Gasteiger partial charge on any atom is 0.0768 e. The normalized spacial score (nSPS) is 10.8. The molecule has 0 aliphatic heterocycles. The van der Waals surface area contributed by atoms with Crippen LogP contribution in [-0.2, 0) is 9.47 Å². The van der Waals surface area contributed by atoms with E-state index in [9.17, 15) is 0 Å². The zero-order valence-corrected chi connectivity index (χ0v) is 17.0. The van der Waals surface area contributed by atoms with E-state index in [2.05, 4.69) is 43.2 Å². The van der Waals surface area contributed by atoms with Crippen LogP contribution < -0.4 is 0 Å².